The maximum atomic E-state index is 13.1. The highest BCUT2D eigenvalue weighted by Gasteiger charge is 2.43. The normalized spacial score (nSPS) is 22.3. The van der Waals surface area contributed by atoms with Gasteiger partial charge < -0.3 is 14.7 Å². The van der Waals surface area contributed by atoms with E-state index in [1.807, 2.05) is 0 Å². The quantitative estimate of drug-likeness (QED) is 0.785. The Balaban J connectivity index is 1.46. The molecule has 2 aromatic rings. The largest absolute Gasteiger partial charge is 0.412 e. The fourth-order valence-corrected chi connectivity index (χ4v) is 3.40. The fraction of sp³-hybridized carbons (Fsp3) is 0.444. The van der Waals surface area contributed by atoms with Gasteiger partial charge in [0.2, 0.25) is 0 Å². The van der Waals surface area contributed by atoms with Gasteiger partial charge in [-0.1, -0.05) is 5.16 Å². The van der Waals surface area contributed by atoms with Crippen molar-refractivity contribution in [3.8, 4) is 0 Å². The zero-order valence-electron chi connectivity index (χ0n) is 15.1. The number of aliphatic imine (C=N–C) groups is 1. The number of carbonyl (C=O) groups excluding carboxylic acids is 1. The van der Waals surface area contributed by atoms with Crippen molar-refractivity contribution in [3.63, 3.8) is 0 Å². The molecule has 1 saturated heterocycles. The minimum absolute atomic E-state index is 0.0823. The molecule has 0 saturated carbocycles. The van der Waals surface area contributed by atoms with Crippen LogP contribution in [-0.4, -0.2) is 58.6 Å². The van der Waals surface area contributed by atoms with Gasteiger partial charge in [-0.3, -0.25) is 4.79 Å². The number of likely N-dealkylation sites (tertiary alicyclic amines) is 1. The number of benzene rings is 1. The van der Waals surface area contributed by atoms with Crippen LogP contribution in [-0.2, 0) is 0 Å². The highest BCUT2D eigenvalue weighted by atomic mass is 19.4. The molecule has 154 valence electrons. The molecule has 0 bridgehead atoms. The molecular formula is C18H17F4N5O2. The Morgan fingerprint density at radius 3 is 2.69 bits per heavy atom. The average Bonchev–Trinajstić information content (AvgIpc) is 3.37. The SMILES string of the molecule is O=C(c1ccc(F)cc1)N1CCC[C@H](c2noc(C3=NC(C(F)(F)F)CN3)n2)C1. The molecule has 4 rings (SSSR count). The number of rotatable bonds is 3. The van der Waals surface area contributed by atoms with Crippen LogP contribution in [0.25, 0.3) is 0 Å². The van der Waals surface area contributed by atoms with Crippen LogP contribution in [0.4, 0.5) is 17.6 Å². The molecule has 0 spiro atoms. The maximum Gasteiger partial charge on any atom is 0.412 e. The predicted molar refractivity (Wildman–Crippen MR) is 93.0 cm³/mol. The van der Waals surface area contributed by atoms with Crippen molar-refractivity contribution in [2.24, 2.45) is 4.99 Å². The van der Waals surface area contributed by atoms with E-state index in [4.69, 9.17) is 4.52 Å². The molecule has 1 unspecified atom stereocenters. The van der Waals surface area contributed by atoms with Crippen molar-refractivity contribution < 1.29 is 26.9 Å². The number of hydrogen-bond donors (Lipinski definition) is 1. The first-order chi connectivity index (χ1) is 13.8. The van der Waals surface area contributed by atoms with Gasteiger partial charge in [-0.2, -0.15) is 18.2 Å². The zero-order chi connectivity index (χ0) is 20.6. The van der Waals surface area contributed by atoms with Crippen LogP contribution in [0, 0.1) is 5.82 Å². The Labute approximate surface area is 162 Å². The third-order valence-electron chi connectivity index (χ3n) is 4.93. The van der Waals surface area contributed by atoms with Crippen molar-refractivity contribution in [2.45, 2.75) is 31.0 Å². The Hall–Kier alpha value is -2.98. The van der Waals surface area contributed by atoms with Crippen LogP contribution in [0.2, 0.25) is 0 Å². The van der Waals surface area contributed by atoms with Gasteiger partial charge in [-0.15, -0.1) is 0 Å². The van der Waals surface area contributed by atoms with Gasteiger partial charge in [0, 0.05) is 31.1 Å². The van der Waals surface area contributed by atoms with Crippen LogP contribution in [0.3, 0.4) is 0 Å². The molecule has 1 aromatic heterocycles. The number of piperidine rings is 1. The van der Waals surface area contributed by atoms with E-state index in [-0.39, 0.29) is 30.1 Å². The molecule has 2 aliphatic heterocycles. The first-order valence-electron chi connectivity index (χ1n) is 9.08. The van der Waals surface area contributed by atoms with E-state index >= 15 is 0 Å². The highest BCUT2D eigenvalue weighted by molar-refractivity contribution is 5.96. The summed E-state index contributed by atoms with van der Waals surface area (Å²) in [5.41, 5.74) is 0.378. The summed E-state index contributed by atoms with van der Waals surface area (Å²) in [6.45, 7) is 0.499. The monoisotopic (exact) mass is 411 g/mol. The molecular weight excluding hydrogens is 394 g/mol. The summed E-state index contributed by atoms with van der Waals surface area (Å²) in [6, 6.07) is 3.46. The third-order valence-corrected chi connectivity index (χ3v) is 4.93. The van der Waals surface area contributed by atoms with Crippen molar-refractivity contribution in [1.82, 2.24) is 20.4 Å². The number of nitrogens with one attached hydrogen (secondary N) is 1. The predicted octanol–water partition coefficient (Wildman–Crippen LogP) is 2.51. The summed E-state index contributed by atoms with van der Waals surface area (Å²) in [5.74, 6) is -0.737. The lowest BCUT2D eigenvalue weighted by Crippen LogP contribution is -2.39. The molecule has 3 heterocycles. The second-order valence-corrected chi connectivity index (χ2v) is 6.97. The minimum atomic E-state index is -4.44. The van der Waals surface area contributed by atoms with Gasteiger partial charge in [-0.05, 0) is 37.1 Å². The molecule has 2 aliphatic rings. The van der Waals surface area contributed by atoms with Crippen LogP contribution in [0.15, 0.2) is 33.8 Å². The second kappa shape index (κ2) is 7.45. The maximum absolute atomic E-state index is 13.1. The van der Waals surface area contributed by atoms with E-state index < -0.39 is 18.0 Å². The number of alkyl halides is 3. The third kappa shape index (κ3) is 4.08. The van der Waals surface area contributed by atoms with Gasteiger partial charge in [0.25, 0.3) is 11.8 Å². The average molecular weight is 411 g/mol. The summed E-state index contributed by atoms with van der Waals surface area (Å²) in [7, 11) is 0. The summed E-state index contributed by atoms with van der Waals surface area (Å²) in [6.07, 6.45) is -3.03. The summed E-state index contributed by atoms with van der Waals surface area (Å²) >= 11 is 0. The number of amides is 1. The standard InChI is InChI=1S/C18H17F4N5O2/c19-12-5-3-10(4-6-12)17(28)27-7-1-2-11(9-27)14-25-16(29-26-14)15-23-8-13(24-15)18(20,21)22/h3-6,11,13H,1-2,7-9H2,(H,23,24)/t11-,13?/m0/s1. The first-order valence-corrected chi connectivity index (χ1v) is 9.08. The topological polar surface area (TPSA) is 83.6 Å². The lowest BCUT2D eigenvalue weighted by atomic mass is 9.96. The molecule has 1 amide bonds. The highest BCUT2D eigenvalue weighted by Crippen LogP contribution is 2.28. The van der Waals surface area contributed by atoms with Crippen molar-refractivity contribution in [2.75, 3.05) is 19.6 Å². The van der Waals surface area contributed by atoms with Gasteiger partial charge >= 0.3 is 6.18 Å². The molecule has 1 aromatic carbocycles. The van der Waals surface area contributed by atoms with Crippen LogP contribution in [0.1, 0.15) is 40.8 Å². The Morgan fingerprint density at radius 1 is 1.24 bits per heavy atom. The number of halogens is 4. The number of nitrogens with zero attached hydrogens (tertiary/aromatic N) is 4. The number of amidine groups is 1. The molecule has 29 heavy (non-hydrogen) atoms. The van der Waals surface area contributed by atoms with Crippen LogP contribution >= 0.6 is 0 Å². The smallest absolute Gasteiger partial charge is 0.363 e. The first kappa shape index (κ1) is 19.3. The fourth-order valence-electron chi connectivity index (χ4n) is 3.40. The lowest BCUT2D eigenvalue weighted by Gasteiger charge is -2.31. The minimum Gasteiger partial charge on any atom is -0.363 e. The van der Waals surface area contributed by atoms with Crippen LogP contribution < -0.4 is 5.32 Å². The van der Waals surface area contributed by atoms with Crippen LogP contribution in [0.5, 0.6) is 0 Å². The van der Waals surface area contributed by atoms with E-state index in [2.05, 4.69) is 20.4 Å². The van der Waals surface area contributed by atoms with Gasteiger partial charge in [-0.25, -0.2) is 9.38 Å². The van der Waals surface area contributed by atoms with Gasteiger partial charge in [0.15, 0.2) is 17.7 Å². The summed E-state index contributed by atoms with van der Waals surface area (Å²) < 4.78 is 56.4. The number of hydrogen-bond acceptors (Lipinski definition) is 6. The van der Waals surface area contributed by atoms with E-state index in [9.17, 15) is 22.4 Å². The van der Waals surface area contributed by atoms with E-state index in [0.29, 0.717) is 37.3 Å². The van der Waals surface area contributed by atoms with Crippen molar-refractivity contribution in [1.29, 1.82) is 0 Å². The van der Waals surface area contributed by atoms with Crippen molar-refractivity contribution in [3.05, 3.63) is 47.4 Å². The number of aromatic nitrogens is 2. The van der Waals surface area contributed by atoms with E-state index in [1.54, 1.807) is 4.90 Å². The molecule has 11 heteroatoms. The van der Waals surface area contributed by atoms with Gasteiger partial charge in [0.1, 0.15) is 5.82 Å². The summed E-state index contributed by atoms with van der Waals surface area (Å²) in [5, 5.41) is 6.41. The Kier molecular flexibility index (Phi) is 4.97. The molecule has 7 nitrogen and oxygen atoms in total. The molecule has 0 radical (unpaired) electrons. The summed E-state index contributed by atoms with van der Waals surface area (Å²) in [4.78, 5) is 22.0. The zero-order valence-corrected chi connectivity index (χ0v) is 15.1. The second-order valence-electron chi connectivity index (χ2n) is 6.97. The molecule has 2 atom stereocenters. The number of carbonyl (C=O) groups is 1. The van der Waals surface area contributed by atoms with Gasteiger partial charge in [0.05, 0.1) is 0 Å². The Morgan fingerprint density at radius 2 is 2.00 bits per heavy atom. The molecule has 1 fully saturated rings. The Bertz CT molecular complexity index is 925. The lowest BCUT2D eigenvalue weighted by molar-refractivity contribution is -0.143. The molecule has 1 N–H and O–H groups in total. The van der Waals surface area contributed by atoms with E-state index in [1.165, 1.54) is 24.3 Å². The van der Waals surface area contributed by atoms with E-state index in [0.717, 1.165) is 0 Å². The molecule has 0 aliphatic carbocycles. The van der Waals surface area contributed by atoms with Crippen molar-refractivity contribution >= 4 is 11.7 Å².